The molecule has 13 heteroatoms. The van der Waals surface area contributed by atoms with Gasteiger partial charge in [-0.1, -0.05) is 11.6 Å². The molecular weight excluding hydrogens is 540 g/mol. The molecule has 2 fully saturated rings. The van der Waals surface area contributed by atoms with Crippen LogP contribution in [0.2, 0.25) is 5.02 Å². The molecule has 2 aliphatic heterocycles. The normalized spacial score (nSPS) is 20.0. The maximum atomic E-state index is 13.9. The molecule has 206 valence electrons. The molecule has 2 atom stereocenters. The van der Waals surface area contributed by atoms with Crippen LogP contribution >= 0.6 is 11.6 Å². The Labute approximate surface area is 233 Å². The Bertz CT molecular complexity index is 1570. The van der Waals surface area contributed by atoms with E-state index < -0.39 is 10.2 Å². The van der Waals surface area contributed by atoms with Gasteiger partial charge < -0.3 is 9.80 Å². The first kappa shape index (κ1) is 27.2. The molecule has 5 rings (SSSR count). The lowest BCUT2D eigenvalue weighted by Gasteiger charge is -2.35. The lowest BCUT2D eigenvalue weighted by atomic mass is 9.98. The Kier molecular flexibility index (Phi) is 7.41. The number of hydrogen-bond donors (Lipinski definition) is 1. The van der Waals surface area contributed by atoms with E-state index in [-0.39, 0.29) is 29.1 Å². The van der Waals surface area contributed by atoms with E-state index >= 15 is 0 Å². The highest BCUT2D eigenvalue weighted by Crippen LogP contribution is 2.35. The van der Waals surface area contributed by atoms with Crippen molar-refractivity contribution in [3.05, 3.63) is 52.3 Å². The number of aromatic nitrogens is 3. The summed E-state index contributed by atoms with van der Waals surface area (Å²) in [5.41, 5.74) is 2.71. The van der Waals surface area contributed by atoms with Crippen molar-refractivity contribution < 1.29 is 13.2 Å². The van der Waals surface area contributed by atoms with Crippen LogP contribution < -0.4 is 9.62 Å². The van der Waals surface area contributed by atoms with Gasteiger partial charge in [-0.25, -0.2) is 9.50 Å². The number of amides is 1. The van der Waals surface area contributed by atoms with Crippen molar-refractivity contribution in [3.8, 4) is 6.07 Å². The number of carbonyl (C=O) groups excluding carboxylic acids is 1. The van der Waals surface area contributed by atoms with Gasteiger partial charge in [0, 0.05) is 56.6 Å². The number of rotatable bonds is 6. The standard InChI is InChI=1S/C26H31ClN8O3S/c1-17-15-35-24(29-25(17)33-11-9-18(14-28)16-33)13-22(30-35)23-6-4-5-10-34(23)26(36)20-12-19(27)7-8-21(20)31-39(37,38)32(2)3/h7-8,12-13,15,18,23,31H,4-6,9-11,16H2,1-3H3. The first-order valence-electron chi connectivity index (χ1n) is 12.9. The van der Waals surface area contributed by atoms with Crippen LogP contribution in [0.1, 0.15) is 53.3 Å². The Morgan fingerprint density at radius 3 is 2.72 bits per heavy atom. The summed E-state index contributed by atoms with van der Waals surface area (Å²) in [5, 5.41) is 14.4. The van der Waals surface area contributed by atoms with Crippen LogP contribution in [0.3, 0.4) is 0 Å². The summed E-state index contributed by atoms with van der Waals surface area (Å²) in [6, 6.07) is 8.50. The summed E-state index contributed by atoms with van der Waals surface area (Å²) in [7, 11) is -1.00. The highest BCUT2D eigenvalue weighted by molar-refractivity contribution is 7.90. The van der Waals surface area contributed by atoms with E-state index in [9.17, 15) is 18.5 Å². The van der Waals surface area contributed by atoms with Crippen LogP contribution in [0.15, 0.2) is 30.5 Å². The van der Waals surface area contributed by atoms with Crippen molar-refractivity contribution in [2.24, 2.45) is 5.92 Å². The van der Waals surface area contributed by atoms with E-state index in [4.69, 9.17) is 21.7 Å². The number of halogens is 1. The summed E-state index contributed by atoms with van der Waals surface area (Å²) in [5.74, 6) is 0.531. The molecule has 4 heterocycles. The number of piperidine rings is 1. The number of carbonyl (C=O) groups is 1. The number of nitrogens with one attached hydrogen (secondary N) is 1. The number of anilines is 2. The summed E-state index contributed by atoms with van der Waals surface area (Å²) in [6.45, 7) is 3.93. The monoisotopic (exact) mass is 570 g/mol. The predicted octanol–water partition coefficient (Wildman–Crippen LogP) is 3.63. The van der Waals surface area contributed by atoms with Crippen LogP contribution in [-0.2, 0) is 10.2 Å². The minimum atomic E-state index is -3.83. The molecule has 0 radical (unpaired) electrons. The summed E-state index contributed by atoms with van der Waals surface area (Å²) >= 11 is 6.24. The van der Waals surface area contributed by atoms with Gasteiger partial charge in [-0.15, -0.1) is 0 Å². The van der Waals surface area contributed by atoms with Crippen LogP contribution in [0, 0.1) is 24.2 Å². The third-order valence-electron chi connectivity index (χ3n) is 7.33. The van der Waals surface area contributed by atoms with Crippen molar-refractivity contribution in [1.82, 2.24) is 23.8 Å². The van der Waals surface area contributed by atoms with E-state index in [0.717, 1.165) is 53.6 Å². The molecule has 39 heavy (non-hydrogen) atoms. The molecule has 3 aromatic rings. The van der Waals surface area contributed by atoms with Gasteiger partial charge in [0.1, 0.15) is 5.82 Å². The third kappa shape index (κ3) is 5.39. The molecular formula is C26H31ClN8O3S. The van der Waals surface area contributed by atoms with Crippen molar-refractivity contribution in [2.75, 3.05) is 43.4 Å². The van der Waals surface area contributed by atoms with Crippen molar-refractivity contribution in [3.63, 3.8) is 0 Å². The summed E-state index contributed by atoms with van der Waals surface area (Å²) in [6.07, 6.45) is 5.23. The molecule has 0 bridgehead atoms. The Balaban J connectivity index is 1.47. The second-order valence-electron chi connectivity index (χ2n) is 10.3. The molecule has 1 N–H and O–H groups in total. The number of nitriles is 1. The minimum Gasteiger partial charge on any atom is -0.355 e. The second kappa shape index (κ2) is 10.6. The van der Waals surface area contributed by atoms with E-state index in [0.29, 0.717) is 23.8 Å². The largest absolute Gasteiger partial charge is 0.355 e. The van der Waals surface area contributed by atoms with Gasteiger partial charge in [-0.2, -0.15) is 23.1 Å². The fourth-order valence-electron chi connectivity index (χ4n) is 5.21. The van der Waals surface area contributed by atoms with Gasteiger partial charge in [0.15, 0.2) is 5.65 Å². The molecule has 0 spiro atoms. The van der Waals surface area contributed by atoms with Crippen LogP contribution in [0.4, 0.5) is 11.5 Å². The molecule has 1 aromatic carbocycles. The van der Waals surface area contributed by atoms with Gasteiger partial charge >= 0.3 is 10.2 Å². The molecule has 2 aromatic heterocycles. The highest BCUT2D eigenvalue weighted by atomic mass is 35.5. The Hall–Kier alpha value is -3.40. The van der Waals surface area contributed by atoms with E-state index in [2.05, 4.69) is 15.7 Å². The maximum absolute atomic E-state index is 13.9. The SMILES string of the molecule is Cc1cn2nc(C3CCCCN3C(=O)c3cc(Cl)ccc3NS(=O)(=O)N(C)C)cc2nc1N1CCC(C#N)C1. The number of aryl methyl sites for hydroxylation is 1. The van der Waals surface area contributed by atoms with Crippen LogP contribution in [0.5, 0.6) is 0 Å². The van der Waals surface area contributed by atoms with Gasteiger partial charge in [0.25, 0.3) is 5.91 Å². The smallest absolute Gasteiger partial charge is 0.301 e. The molecule has 2 aliphatic rings. The molecule has 0 aliphatic carbocycles. The van der Waals surface area contributed by atoms with Crippen LogP contribution in [-0.4, -0.2) is 71.9 Å². The van der Waals surface area contributed by atoms with E-state index in [1.54, 1.807) is 15.5 Å². The summed E-state index contributed by atoms with van der Waals surface area (Å²) in [4.78, 5) is 22.7. The minimum absolute atomic E-state index is 0.00305. The Morgan fingerprint density at radius 2 is 2.00 bits per heavy atom. The second-order valence-corrected chi connectivity index (χ2v) is 12.6. The van der Waals surface area contributed by atoms with Gasteiger partial charge in [-0.3, -0.25) is 9.52 Å². The van der Waals surface area contributed by atoms with Crippen molar-refractivity contribution in [1.29, 1.82) is 5.26 Å². The molecule has 0 saturated carbocycles. The number of fused-ring (bicyclic) bond motifs is 1. The number of hydrogen-bond acceptors (Lipinski definition) is 7. The predicted molar refractivity (Wildman–Crippen MR) is 149 cm³/mol. The van der Waals surface area contributed by atoms with Crippen molar-refractivity contribution >= 4 is 44.9 Å². The average molecular weight is 571 g/mol. The molecule has 2 saturated heterocycles. The molecule has 11 nitrogen and oxygen atoms in total. The molecule has 2 unspecified atom stereocenters. The highest BCUT2D eigenvalue weighted by Gasteiger charge is 2.33. The fourth-order valence-corrected chi connectivity index (χ4v) is 6.02. The lowest BCUT2D eigenvalue weighted by molar-refractivity contribution is 0.0607. The van der Waals surface area contributed by atoms with Gasteiger partial charge in [-0.05, 0) is 50.8 Å². The fraction of sp³-hybridized carbons (Fsp3) is 0.462. The topological polar surface area (TPSA) is 127 Å². The first-order chi connectivity index (χ1) is 18.6. The quantitative estimate of drug-likeness (QED) is 0.479. The zero-order chi connectivity index (χ0) is 27.9. The van der Waals surface area contributed by atoms with Crippen LogP contribution in [0.25, 0.3) is 5.65 Å². The lowest BCUT2D eigenvalue weighted by Crippen LogP contribution is -2.39. The van der Waals surface area contributed by atoms with Crippen molar-refractivity contribution in [2.45, 2.75) is 38.6 Å². The average Bonchev–Trinajstić information content (AvgIpc) is 3.55. The van der Waals surface area contributed by atoms with Gasteiger partial charge in [0.2, 0.25) is 0 Å². The molecule has 1 amide bonds. The number of nitrogens with zero attached hydrogens (tertiary/aromatic N) is 7. The first-order valence-corrected chi connectivity index (χ1v) is 14.7. The third-order valence-corrected chi connectivity index (χ3v) is 9.01. The number of likely N-dealkylation sites (tertiary alicyclic amines) is 1. The summed E-state index contributed by atoms with van der Waals surface area (Å²) < 4.78 is 30.3. The Morgan fingerprint density at radius 1 is 1.21 bits per heavy atom. The number of benzene rings is 1. The van der Waals surface area contributed by atoms with Gasteiger partial charge in [0.05, 0.1) is 35.0 Å². The zero-order valence-electron chi connectivity index (χ0n) is 22.1. The van der Waals surface area contributed by atoms with E-state index in [1.807, 2.05) is 19.2 Å². The van der Waals surface area contributed by atoms with E-state index in [1.165, 1.54) is 26.2 Å². The maximum Gasteiger partial charge on any atom is 0.301 e. The zero-order valence-corrected chi connectivity index (χ0v) is 23.7.